The highest BCUT2D eigenvalue weighted by Gasteiger charge is 2.15. The van der Waals surface area contributed by atoms with Gasteiger partial charge in [0.2, 0.25) is 0 Å². The van der Waals surface area contributed by atoms with E-state index in [2.05, 4.69) is 5.32 Å². The van der Waals surface area contributed by atoms with E-state index in [1.54, 1.807) is 6.07 Å². The van der Waals surface area contributed by atoms with Gasteiger partial charge in [0.05, 0.1) is 0 Å². The van der Waals surface area contributed by atoms with Crippen LogP contribution in [0.15, 0.2) is 18.2 Å². The first-order chi connectivity index (χ1) is 5.77. The average Bonchev–Trinajstić information content (AvgIpc) is 2.04. The summed E-state index contributed by atoms with van der Waals surface area (Å²) in [6.45, 7) is 0.831. The van der Waals surface area contributed by atoms with Crippen LogP contribution in [0.1, 0.15) is 18.0 Å². The molecule has 1 atom stereocenters. The molecule has 0 radical (unpaired) electrons. The highest BCUT2D eigenvalue weighted by Crippen LogP contribution is 2.28. The van der Waals surface area contributed by atoms with E-state index in [1.807, 2.05) is 0 Å². The highest BCUT2D eigenvalue weighted by atomic mass is 35.5. The number of hydrogen-bond donors (Lipinski definition) is 2. The number of nitrogens with one attached hydrogen (secondary N) is 1. The summed E-state index contributed by atoms with van der Waals surface area (Å²) < 4.78 is 12.7. The minimum atomic E-state index is -0.213. The van der Waals surface area contributed by atoms with Crippen LogP contribution in [-0.4, -0.2) is 6.54 Å². The van der Waals surface area contributed by atoms with Crippen LogP contribution in [0.25, 0.3) is 0 Å². The molecule has 3 N–H and O–H groups in total. The van der Waals surface area contributed by atoms with Gasteiger partial charge in [0, 0.05) is 18.3 Å². The summed E-state index contributed by atoms with van der Waals surface area (Å²) in [7, 11) is 0. The van der Waals surface area contributed by atoms with Crippen LogP contribution < -0.4 is 11.1 Å². The molecule has 0 amide bonds. The summed E-state index contributed by atoms with van der Waals surface area (Å²) in [5, 5.41) is 3.11. The smallest absolute Gasteiger partial charge is 0.125 e. The second-order valence-electron chi connectivity index (χ2n) is 3.05. The van der Waals surface area contributed by atoms with Crippen molar-refractivity contribution < 1.29 is 4.39 Å². The van der Waals surface area contributed by atoms with E-state index in [1.165, 1.54) is 12.1 Å². The molecular formula is C9H13Cl2FN2. The Bertz CT molecular complexity index is 307. The summed E-state index contributed by atoms with van der Waals surface area (Å²) in [6, 6.07) is 4.75. The first kappa shape index (κ1) is 13.5. The minimum absolute atomic E-state index is 0. The molecule has 14 heavy (non-hydrogen) atoms. The monoisotopic (exact) mass is 238 g/mol. The molecule has 1 aromatic carbocycles. The number of fused-ring (bicyclic) bond motifs is 1. The maximum atomic E-state index is 12.7. The van der Waals surface area contributed by atoms with Gasteiger partial charge in [-0.3, -0.25) is 0 Å². The highest BCUT2D eigenvalue weighted by molar-refractivity contribution is 5.85. The van der Waals surface area contributed by atoms with Gasteiger partial charge in [-0.2, -0.15) is 0 Å². The topological polar surface area (TPSA) is 38.0 Å². The van der Waals surface area contributed by atoms with E-state index in [0.717, 1.165) is 24.2 Å². The molecule has 0 saturated carbocycles. The van der Waals surface area contributed by atoms with E-state index in [4.69, 9.17) is 5.73 Å². The molecule has 0 bridgehead atoms. The minimum Gasteiger partial charge on any atom is -0.385 e. The molecule has 0 spiro atoms. The SMILES string of the molecule is Cl.Cl.NC1CCNc2cc(F)ccc21. The fourth-order valence-electron chi connectivity index (χ4n) is 1.52. The van der Waals surface area contributed by atoms with Crippen LogP contribution in [0.4, 0.5) is 10.1 Å². The van der Waals surface area contributed by atoms with Gasteiger partial charge in [0.15, 0.2) is 0 Å². The lowest BCUT2D eigenvalue weighted by Crippen LogP contribution is -2.22. The van der Waals surface area contributed by atoms with Crippen LogP contribution in [0.5, 0.6) is 0 Å². The fraction of sp³-hybridized carbons (Fsp3) is 0.333. The van der Waals surface area contributed by atoms with E-state index in [-0.39, 0.29) is 36.7 Å². The van der Waals surface area contributed by atoms with Crippen molar-refractivity contribution in [3.63, 3.8) is 0 Å². The molecule has 2 nitrogen and oxygen atoms in total. The Kier molecular flexibility index (Phi) is 5.19. The van der Waals surface area contributed by atoms with Crippen molar-refractivity contribution in [1.82, 2.24) is 0 Å². The van der Waals surface area contributed by atoms with Crippen molar-refractivity contribution in [2.75, 3.05) is 11.9 Å². The number of hydrogen-bond acceptors (Lipinski definition) is 2. The van der Waals surface area contributed by atoms with Gasteiger partial charge >= 0.3 is 0 Å². The molecular weight excluding hydrogens is 226 g/mol. The predicted molar refractivity (Wildman–Crippen MR) is 60.9 cm³/mol. The van der Waals surface area contributed by atoms with Crippen LogP contribution >= 0.6 is 24.8 Å². The third-order valence-electron chi connectivity index (χ3n) is 2.19. The van der Waals surface area contributed by atoms with Crippen LogP contribution in [0.2, 0.25) is 0 Å². The first-order valence-electron chi connectivity index (χ1n) is 4.06. The van der Waals surface area contributed by atoms with Gasteiger partial charge in [0.25, 0.3) is 0 Å². The Balaban J connectivity index is 0.000000845. The maximum absolute atomic E-state index is 12.7. The van der Waals surface area contributed by atoms with Crippen LogP contribution in [-0.2, 0) is 0 Å². The first-order valence-corrected chi connectivity index (χ1v) is 4.06. The summed E-state index contributed by atoms with van der Waals surface area (Å²) in [4.78, 5) is 0. The number of nitrogens with two attached hydrogens (primary N) is 1. The van der Waals surface area contributed by atoms with Gasteiger partial charge < -0.3 is 11.1 Å². The molecule has 1 aliphatic rings. The number of halogens is 3. The standard InChI is InChI=1S/C9H11FN2.2ClH/c10-6-1-2-7-8(11)3-4-12-9(7)5-6;;/h1-2,5,8,12H,3-4,11H2;2*1H. The molecule has 2 rings (SSSR count). The van der Waals surface area contributed by atoms with E-state index in [0.29, 0.717) is 0 Å². The molecule has 1 unspecified atom stereocenters. The average molecular weight is 239 g/mol. The Morgan fingerprint density at radius 2 is 2.07 bits per heavy atom. The van der Waals surface area contributed by atoms with E-state index < -0.39 is 0 Å². The Morgan fingerprint density at radius 3 is 2.79 bits per heavy atom. The van der Waals surface area contributed by atoms with Gasteiger partial charge in [-0.1, -0.05) is 6.07 Å². The molecule has 1 aromatic rings. The Hall–Kier alpha value is -0.510. The third-order valence-corrected chi connectivity index (χ3v) is 2.19. The summed E-state index contributed by atoms with van der Waals surface area (Å²) >= 11 is 0. The fourth-order valence-corrected chi connectivity index (χ4v) is 1.52. The molecule has 5 heteroatoms. The van der Waals surface area contributed by atoms with Gasteiger partial charge in [-0.05, 0) is 24.1 Å². The zero-order chi connectivity index (χ0) is 8.55. The van der Waals surface area contributed by atoms with Crippen molar-refractivity contribution >= 4 is 30.5 Å². The lowest BCUT2D eigenvalue weighted by Gasteiger charge is -2.23. The lowest BCUT2D eigenvalue weighted by atomic mass is 9.99. The summed E-state index contributed by atoms with van der Waals surface area (Å²) in [5.74, 6) is -0.213. The summed E-state index contributed by atoms with van der Waals surface area (Å²) in [6.07, 6.45) is 0.915. The predicted octanol–water partition coefficient (Wildman–Crippen LogP) is 2.48. The molecule has 0 aromatic heterocycles. The Labute approximate surface area is 94.9 Å². The van der Waals surface area contributed by atoms with Gasteiger partial charge in [-0.15, -0.1) is 24.8 Å². The number of rotatable bonds is 0. The van der Waals surface area contributed by atoms with E-state index >= 15 is 0 Å². The molecule has 0 fully saturated rings. The molecule has 80 valence electrons. The Morgan fingerprint density at radius 1 is 1.36 bits per heavy atom. The third kappa shape index (κ3) is 2.50. The van der Waals surface area contributed by atoms with Crippen molar-refractivity contribution in [3.05, 3.63) is 29.6 Å². The van der Waals surface area contributed by atoms with E-state index in [9.17, 15) is 4.39 Å². The molecule has 1 aliphatic heterocycles. The van der Waals surface area contributed by atoms with Crippen LogP contribution in [0.3, 0.4) is 0 Å². The normalized spacial score (nSPS) is 18.3. The molecule has 0 saturated heterocycles. The quantitative estimate of drug-likeness (QED) is 0.729. The largest absolute Gasteiger partial charge is 0.385 e. The number of anilines is 1. The molecule has 1 heterocycles. The lowest BCUT2D eigenvalue weighted by molar-refractivity contribution is 0.616. The zero-order valence-electron chi connectivity index (χ0n) is 7.50. The van der Waals surface area contributed by atoms with Crippen molar-refractivity contribution in [3.8, 4) is 0 Å². The van der Waals surface area contributed by atoms with Gasteiger partial charge in [-0.25, -0.2) is 4.39 Å². The second kappa shape index (κ2) is 5.39. The van der Waals surface area contributed by atoms with Crippen LogP contribution in [0, 0.1) is 5.82 Å². The second-order valence-corrected chi connectivity index (χ2v) is 3.05. The summed E-state index contributed by atoms with van der Waals surface area (Å²) in [5.41, 5.74) is 7.69. The van der Waals surface area contributed by atoms with Gasteiger partial charge in [0.1, 0.15) is 5.82 Å². The number of benzene rings is 1. The van der Waals surface area contributed by atoms with Crippen molar-refractivity contribution in [2.45, 2.75) is 12.5 Å². The zero-order valence-corrected chi connectivity index (χ0v) is 9.13. The molecule has 0 aliphatic carbocycles. The van der Waals surface area contributed by atoms with Crippen molar-refractivity contribution in [2.24, 2.45) is 5.73 Å². The maximum Gasteiger partial charge on any atom is 0.125 e. The van der Waals surface area contributed by atoms with Crippen molar-refractivity contribution in [1.29, 1.82) is 0 Å².